The molecule has 1 N–H and O–H groups in total. The second-order valence-corrected chi connectivity index (χ2v) is 5.46. The number of carbonyl (C=O) groups excluding carboxylic acids is 1. The summed E-state index contributed by atoms with van der Waals surface area (Å²) in [6.07, 6.45) is 0. The van der Waals surface area contributed by atoms with E-state index in [0.717, 1.165) is 15.3 Å². The number of rotatable bonds is 4. The Hall–Kier alpha value is -1.05. The number of carbonyl (C=O) groups is 1. The van der Waals surface area contributed by atoms with Crippen LogP contribution in [0.3, 0.4) is 0 Å². The van der Waals surface area contributed by atoms with Crippen LogP contribution in [0.2, 0.25) is 5.32 Å². The van der Waals surface area contributed by atoms with Crippen LogP contribution < -0.4 is 9.78 Å². The minimum absolute atomic E-state index is 0.00538. The molecule has 1 rings (SSSR count). The Balaban J connectivity index is 2.86. The predicted octanol–water partition coefficient (Wildman–Crippen LogP) is 1.37. The van der Waals surface area contributed by atoms with Gasteiger partial charge in [0, 0.05) is 0 Å². The van der Waals surface area contributed by atoms with Crippen molar-refractivity contribution in [3.8, 4) is 0 Å². The van der Waals surface area contributed by atoms with Crippen LogP contribution in [0, 0.1) is 0 Å². The number of amides is 1. The summed E-state index contributed by atoms with van der Waals surface area (Å²) in [6, 6.07) is 7.76. The van der Waals surface area contributed by atoms with Crippen molar-refractivity contribution in [3.05, 3.63) is 42.0 Å². The van der Waals surface area contributed by atoms with Crippen LogP contribution in [0.1, 0.15) is 17.3 Å². The summed E-state index contributed by atoms with van der Waals surface area (Å²) in [7, 11) is 1.66. The van der Waals surface area contributed by atoms with Crippen molar-refractivity contribution in [1.29, 1.82) is 0 Å². The second-order valence-electron chi connectivity index (χ2n) is 3.32. The summed E-state index contributed by atoms with van der Waals surface area (Å²) in [5, 5.41) is 3.65. The van der Waals surface area contributed by atoms with Gasteiger partial charge in [-0.15, -0.1) is 0 Å². The second kappa shape index (κ2) is 5.74. The average Bonchev–Trinajstić information content (AvgIpc) is 2.25. The van der Waals surface area contributed by atoms with E-state index < -0.39 is 0 Å². The summed E-state index contributed by atoms with van der Waals surface area (Å²) >= 11 is 0.301. The van der Waals surface area contributed by atoms with E-state index >= 15 is 0 Å². The Morgan fingerprint density at radius 1 is 1.47 bits per heavy atom. The fraction of sp³-hybridized carbons (Fsp3) is 0.250. The van der Waals surface area contributed by atoms with Crippen LogP contribution in [0.4, 0.5) is 0 Å². The van der Waals surface area contributed by atoms with Gasteiger partial charge in [-0.25, -0.2) is 0 Å². The van der Waals surface area contributed by atoms with Gasteiger partial charge in [-0.05, 0) is 0 Å². The summed E-state index contributed by atoms with van der Waals surface area (Å²) < 4.78 is 1.15. The van der Waals surface area contributed by atoms with E-state index in [4.69, 9.17) is 0 Å². The molecule has 0 saturated carbocycles. The molecule has 0 atom stereocenters. The van der Waals surface area contributed by atoms with Crippen LogP contribution in [0.5, 0.6) is 0 Å². The Labute approximate surface area is 96.9 Å². The molecule has 0 unspecified atom stereocenters. The molecule has 0 fully saturated rings. The van der Waals surface area contributed by atoms with Gasteiger partial charge < -0.3 is 0 Å². The van der Waals surface area contributed by atoms with Crippen LogP contribution in [-0.2, 0) is 0 Å². The summed E-state index contributed by atoms with van der Waals surface area (Å²) in [5.74, 6) is -0.00538. The molecule has 1 aromatic carbocycles. The molecule has 0 aliphatic rings. The van der Waals surface area contributed by atoms with Gasteiger partial charge in [-0.3, -0.25) is 0 Å². The quantitative estimate of drug-likeness (QED) is 0.648. The number of hydrogen-bond donors (Lipinski definition) is 1. The first-order valence-electron chi connectivity index (χ1n) is 4.73. The predicted molar refractivity (Wildman–Crippen MR) is 64.8 cm³/mol. The van der Waals surface area contributed by atoms with Crippen molar-refractivity contribution in [2.24, 2.45) is 0 Å². The van der Waals surface area contributed by atoms with E-state index in [0.29, 0.717) is 15.0 Å². The molecule has 1 amide bonds. The van der Waals surface area contributed by atoms with Gasteiger partial charge in [0.1, 0.15) is 0 Å². The van der Waals surface area contributed by atoms with E-state index in [2.05, 4.69) is 11.9 Å². The van der Waals surface area contributed by atoms with Crippen LogP contribution in [0.25, 0.3) is 0 Å². The molecule has 0 aliphatic heterocycles. The fourth-order valence-corrected chi connectivity index (χ4v) is 2.99. The number of benzene rings is 1. The third-order valence-corrected chi connectivity index (χ3v) is 4.57. The van der Waals surface area contributed by atoms with E-state index in [9.17, 15) is 4.79 Å². The first kappa shape index (κ1) is 12.0. The van der Waals surface area contributed by atoms with Crippen LogP contribution in [-0.4, -0.2) is 27.9 Å². The zero-order valence-corrected chi connectivity index (χ0v) is 10.8. The topological polar surface area (TPSA) is 29.1 Å². The zero-order chi connectivity index (χ0) is 11.3. The molecule has 1 aromatic rings. The molecule has 0 spiro atoms. The molecule has 15 heavy (non-hydrogen) atoms. The van der Waals surface area contributed by atoms with Gasteiger partial charge in [0.15, 0.2) is 0 Å². The Bertz CT molecular complexity index is 374. The minimum atomic E-state index is -0.00538. The number of allylic oxidation sites excluding steroid dienone is 1. The molecule has 80 valence electrons. The van der Waals surface area contributed by atoms with E-state index in [1.165, 1.54) is 5.57 Å². The van der Waals surface area contributed by atoms with E-state index in [1.807, 2.05) is 31.2 Å². The third kappa shape index (κ3) is 3.54. The summed E-state index contributed by atoms with van der Waals surface area (Å²) in [5.41, 5.74) is 1.96. The molecule has 0 bridgehead atoms. The molecule has 0 heterocycles. The van der Waals surface area contributed by atoms with Crippen molar-refractivity contribution >= 4 is 25.3 Å². The molecule has 0 aromatic heterocycles. The van der Waals surface area contributed by atoms with Crippen molar-refractivity contribution < 1.29 is 4.79 Å². The standard InChI is InChI=1S/C12H15NOSe/c1-9(2)8-15-11-7-5-4-6-10(11)12(14)13-3/h4-7H,1,8H2,2-3H3,(H,13,14). The number of hydrogen-bond acceptors (Lipinski definition) is 1. The molecule has 0 saturated heterocycles. The first-order chi connectivity index (χ1) is 7.15. The molecule has 3 heteroatoms. The van der Waals surface area contributed by atoms with E-state index in [1.54, 1.807) is 7.05 Å². The Kier molecular flexibility index (Phi) is 4.60. The Morgan fingerprint density at radius 2 is 2.13 bits per heavy atom. The van der Waals surface area contributed by atoms with Gasteiger partial charge >= 0.3 is 96.7 Å². The zero-order valence-electron chi connectivity index (χ0n) is 9.04. The van der Waals surface area contributed by atoms with Crippen LogP contribution in [0.15, 0.2) is 36.4 Å². The van der Waals surface area contributed by atoms with Crippen molar-refractivity contribution in [2.75, 3.05) is 7.05 Å². The van der Waals surface area contributed by atoms with Crippen molar-refractivity contribution in [1.82, 2.24) is 5.32 Å². The van der Waals surface area contributed by atoms with Crippen molar-refractivity contribution in [3.63, 3.8) is 0 Å². The molecule has 2 nitrogen and oxygen atoms in total. The van der Waals surface area contributed by atoms with Crippen molar-refractivity contribution in [2.45, 2.75) is 12.2 Å². The fourth-order valence-electron chi connectivity index (χ4n) is 1.12. The normalized spacial score (nSPS) is 9.73. The van der Waals surface area contributed by atoms with Gasteiger partial charge in [-0.1, -0.05) is 0 Å². The molecule has 0 radical (unpaired) electrons. The maximum absolute atomic E-state index is 11.6. The number of nitrogens with one attached hydrogen (secondary N) is 1. The molecular weight excluding hydrogens is 253 g/mol. The monoisotopic (exact) mass is 269 g/mol. The maximum atomic E-state index is 11.6. The van der Waals surface area contributed by atoms with Gasteiger partial charge in [-0.2, -0.15) is 0 Å². The van der Waals surface area contributed by atoms with E-state index in [-0.39, 0.29) is 5.91 Å². The van der Waals surface area contributed by atoms with Gasteiger partial charge in [0.2, 0.25) is 0 Å². The van der Waals surface area contributed by atoms with Gasteiger partial charge in [0.25, 0.3) is 0 Å². The SMILES string of the molecule is C=C(C)C[Se]c1ccccc1C(=O)NC. The summed E-state index contributed by atoms with van der Waals surface area (Å²) in [4.78, 5) is 11.6. The van der Waals surface area contributed by atoms with Gasteiger partial charge in [0.05, 0.1) is 0 Å². The first-order valence-corrected chi connectivity index (χ1v) is 6.80. The molecule has 0 aliphatic carbocycles. The van der Waals surface area contributed by atoms with Crippen LogP contribution >= 0.6 is 0 Å². The summed E-state index contributed by atoms with van der Waals surface area (Å²) in [6.45, 7) is 5.90. The Morgan fingerprint density at radius 3 is 2.73 bits per heavy atom. The average molecular weight is 268 g/mol. The molecular formula is C12H15NOSe. The third-order valence-electron chi connectivity index (χ3n) is 1.83.